The second kappa shape index (κ2) is 11.3. The first-order valence-electron chi connectivity index (χ1n) is 12.4. The molecule has 1 saturated heterocycles. The molecule has 1 aromatic heterocycles. The van der Waals surface area contributed by atoms with E-state index in [4.69, 9.17) is 4.74 Å². The molecule has 0 radical (unpaired) electrons. The summed E-state index contributed by atoms with van der Waals surface area (Å²) in [6.45, 7) is 2.78. The monoisotopic (exact) mass is 454 g/mol. The van der Waals surface area contributed by atoms with Gasteiger partial charge in [-0.25, -0.2) is 0 Å². The van der Waals surface area contributed by atoms with Gasteiger partial charge in [-0.2, -0.15) is 0 Å². The van der Waals surface area contributed by atoms with E-state index in [1.807, 2.05) is 31.2 Å². The lowest BCUT2D eigenvalue weighted by atomic mass is 9.79. The predicted octanol–water partition coefficient (Wildman–Crippen LogP) is 6.44. The van der Waals surface area contributed by atoms with Crippen LogP contribution in [0.3, 0.4) is 0 Å². The summed E-state index contributed by atoms with van der Waals surface area (Å²) in [4.78, 5) is 16.7. The number of thiophene rings is 1. The van der Waals surface area contributed by atoms with Gasteiger partial charge in [0, 0.05) is 10.4 Å². The fourth-order valence-corrected chi connectivity index (χ4v) is 6.10. The number of nitrogens with one attached hydrogen (secondary N) is 1. The van der Waals surface area contributed by atoms with Gasteiger partial charge in [-0.3, -0.25) is 10.1 Å². The SMILES string of the molecule is Cc1cccc(OCC(=O)N(Cc2cccs2)C2CCCC3(CCCCCCCC3)N2)c1. The molecule has 1 aliphatic heterocycles. The number of benzene rings is 1. The normalized spacial score (nSPS) is 21.3. The first kappa shape index (κ1) is 23.3. The van der Waals surface area contributed by atoms with Crippen LogP contribution >= 0.6 is 11.3 Å². The number of rotatable bonds is 6. The highest BCUT2D eigenvalue weighted by atomic mass is 32.1. The number of carbonyl (C=O) groups is 1. The molecule has 5 heteroatoms. The molecule has 1 spiro atoms. The van der Waals surface area contributed by atoms with Gasteiger partial charge in [0.2, 0.25) is 0 Å². The highest BCUT2D eigenvalue weighted by molar-refractivity contribution is 7.09. The molecule has 2 aromatic rings. The Morgan fingerprint density at radius 3 is 2.53 bits per heavy atom. The molecule has 0 bridgehead atoms. The van der Waals surface area contributed by atoms with Crippen LogP contribution in [0.2, 0.25) is 0 Å². The molecule has 2 heterocycles. The highest BCUT2D eigenvalue weighted by Crippen LogP contribution is 2.35. The third kappa shape index (κ3) is 6.35. The molecular formula is C27H38N2O2S. The van der Waals surface area contributed by atoms with Crippen molar-refractivity contribution < 1.29 is 9.53 Å². The molecule has 1 saturated carbocycles. The topological polar surface area (TPSA) is 41.6 Å². The minimum Gasteiger partial charge on any atom is -0.484 e. The number of hydrogen-bond donors (Lipinski definition) is 1. The summed E-state index contributed by atoms with van der Waals surface area (Å²) in [5, 5.41) is 6.11. The molecule has 4 rings (SSSR count). The van der Waals surface area contributed by atoms with Gasteiger partial charge in [-0.1, -0.05) is 56.7 Å². The summed E-state index contributed by atoms with van der Waals surface area (Å²) in [5.74, 6) is 0.830. The summed E-state index contributed by atoms with van der Waals surface area (Å²) in [6, 6.07) is 12.1. The Balaban J connectivity index is 1.47. The Bertz CT molecular complexity index is 841. The van der Waals surface area contributed by atoms with Gasteiger partial charge in [0.05, 0.1) is 12.7 Å². The van der Waals surface area contributed by atoms with E-state index in [2.05, 4.69) is 27.7 Å². The molecule has 174 valence electrons. The van der Waals surface area contributed by atoms with E-state index in [9.17, 15) is 4.79 Å². The van der Waals surface area contributed by atoms with Crippen LogP contribution in [-0.2, 0) is 11.3 Å². The van der Waals surface area contributed by atoms with Crippen molar-refractivity contribution in [1.29, 1.82) is 0 Å². The summed E-state index contributed by atoms with van der Waals surface area (Å²) in [5.41, 5.74) is 1.33. The van der Waals surface area contributed by atoms with Crippen molar-refractivity contribution in [3.8, 4) is 5.75 Å². The van der Waals surface area contributed by atoms with Crippen LogP contribution in [0.4, 0.5) is 0 Å². The Kier molecular flexibility index (Phi) is 8.26. The van der Waals surface area contributed by atoms with E-state index >= 15 is 0 Å². The summed E-state index contributed by atoms with van der Waals surface area (Å²) in [7, 11) is 0. The van der Waals surface area contributed by atoms with E-state index in [0.29, 0.717) is 6.54 Å². The number of nitrogens with zero attached hydrogens (tertiary/aromatic N) is 1. The van der Waals surface area contributed by atoms with Gasteiger partial charge in [0.15, 0.2) is 6.61 Å². The molecule has 1 unspecified atom stereocenters. The lowest BCUT2D eigenvalue weighted by Crippen LogP contribution is -2.61. The number of piperidine rings is 1. The number of carbonyl (C=O) groups excluding carboxylic acids is 1. The third-order valence-electron chi connectivity index (χ3n) is 7.12. The van der Waals surface area contributed by atoms with Gasteiger partial charge in [0.1, 0.15) is 5.75 Å². The van der Waals surface area contributed by atoms with Crippen molar-refractivity contribution in [1.82, 2.24) is 10.2 Å². The van der Waals surface area contributed by atoms with Crippen LogP contribution in [0.5, 0.6) is 5.75 Å². The van der Waals surface area contributed by atoms with Crippen LogP contribution < -0.4 is 10.1 Å². The second-order valence-corrected chi connectivity index (χ2v) is 10.7. The maximum absolute atomic E-state index is 13.4. The minimum absolute atomic E-state index is 0.0672. The van der Waals surface area contributed by atoms with Crippen LogP contribution in [0, 0.1) is 6.92 Å². The van der Waals surface area contributed by atoms with Crippen LogP contribution in [0.1, 0.15) is 81.1 Å². The van der Waals surface area contributed by atoms with E-state index in [1.165, 1.54) is 69.1 Å². The average molecular weight is 455 g/mol. The number of aryl methyl sites for hydroxylation is 1. The Morgan fingerprint density at radius 2 is 1.81 bits per heavy atom. The van der Waals surface area contributed by atoms with Crippen LogP contribution in [0.15, 0.2) is 41.8 Å². The molecule has 2 aliphatic rings. The van der Waals surface area contributed by atoms with E-state index in [0.717, 1.165) is 17.7 Å². The van der Waals surface area contributed by atoms with Crippen molar-refractivity contribution in [2.75, 3.05) is 6.61 Å². The van der Waals surface area contributed by atoms with Gasteiger partial charge in [0.25, 0.3) is 5.91 Å². The lowest BCUT2D eigenvalue weighted by Gasteiger charge is -2.46. The Morgan fingerprint density at radius 1 is 1.06 bits per heavy atom. The van der Waals surface area contributed by atoms with Crippen molar-refractivity contribution in [2.45, 2.75) is 95.8 Å². The van der Waals surface area contributed by atoms with E-state index in [1.54, 1.807) is 11.3 Å². The molecule has 32 heavy (non-hydrogen) atoms. The number of ether oxygens (including phenoxy) is 1. The largest absolute Gasteiger partial charge is 0.484 e. The Labute approximate surface area is 197 Å². The van der Waals surface area contributed by atoms with Gasteiger partial charge in [-0.05, 0) is 68.2 Å². The van der Waals surface area contributed by atoms with Crippen molar-refractivity contribution in [2.24, 2.45) is 0 Å². The molecule has 1 aromatic carbocycles. The van der Waals surface area contributed by atoms with Gasteiger partial charge in [-0.15, -0.1) is 11.3 Å². The summed E-state index contributed by atoms with van der Waals surface area (Å²) < 4.78 is 5.91. The Hall–Kier alpha value is -1.85. The lowest BCUT2D eigenvalue weighted by molar-refractivity contribution is -0.138. The minimum atomic E-state index is 0.0672. The second-order valence-electron chi connectivity index (χ2n) is 9.66. The third-order valence-corrected chi connectivity index (χ3v) is 7.98. The summed E-state index contributed by atoms with van der Waals surface area (Å²) in [6.07, 6.45) is 14.0. The zero-order chi connectivity index (χ0) is 22.2. The zero-order valence-electron chi connectivity index (χ0n) is 19.5. The van der Waals surface area contributed by atoms with Gasteiger partial charge >= 0.3 is 0 Å². The first-order chi connectivity index (χ1) is 15.6. The molecule has 1 N–H and O–H groups in total. The van der Waals surface area contributed by atoms with Crippen molar-refractivity contribution >= 4 is 17.2 Å². The molecule has 4 nitrogen and oxygen atoms in total. The van der Waals surface area contributed by atoms with E-state index in [-0.39, 0.29) is 24.2 Å². The smallest absolute Gasteiger partial charge is 0.262 e. The fraction of sp³-hybridized carbons (Fsp3) is 0.593. The number of hydrogen-bond acceptors (Lipinski definition) is 4. The van der Waals surface area contributed by atoms with Gasteiger partial charge < -0.3 is 9.64 Å². The maximum Gasteiger partial charge on any atom is 0.262 e. The molecule has 1 aliphatic carbocycles. The predicted molar refractivity (Wildman–Crippen MR) is 132 cm³/mol. The molecular weight excluding hydrogens is 416 g/mol. The van der Waals surface area contributed by atoms with E-state index < -0.39 is 0 Å². The zero-order valence-corrected chi connectivity index (χ0v) is 20.3. The highest BCUT2D eigenvalue weighted by Gasteiger charge is 2.38. The molecule has 1 atom stereocenters. The summed E-state index contributed by atoms with van der Waals surface area (Å²) >= 11 is 1.72. The maximum atomic E-state index is 13.4. The fourth-order valence-electron chi connectivity index (χ4n) is 5.39. The van der Waals surface area contributed by atoms with Crippen molar-refractivity contribution in [3.05, 3.63) is 52.2 Å². The van der Waals surface area contributed by atoms with Crippen molar-refractivity contribution in [3.63, 3.8) is 0 Å². The van der Waals surface area contributed by atoms with Crippen LogP contribution in [0.25, 0.3) is 0 Å². The van der Waals surface area contributed by atoms with Crippen LogP contribution in [-0.4, -0.2) is 29.1 Å². The quantitative estimate of drug-likeness (QED) is 0.546. The standard InChI is InChI=1S/C27H38N2O2S/c1-22-11-8-12-23(19-22)31-21-26(30)29(20-24-13-10-18-32-24)25-14-9-17-27(28-25)15-6-4-2-3-5-7-16-27/h8,10-13,18-19,25,28H,2-7,9,14-17,20-21H2,1H3. The molecule has 1 amide bonds. The first-order valence-corrected chi connectivity index (χ1v) is 13.3. The number of amides is 1. The molecule has 2 fully saturated rings. The average Bonchev–Trinajstić information content (AvgIpc) is 3.34.